The van der Waals surface area contributed by atoms with Crippen LogP contribution in [0.4, 0.5) is 10.1 Å². The van der Waals surface area contributed by atoms with Crippen molar-refractivity contribution in [2.24, 2.45) is 0 Å². The topological polar surface area (TPSA) is 39.7 Å². The van der Waals surface area contributed by atoms with Crippen molar-refractivity contribution in [3.8, 4) is 5.75 Å². The summed E-state index contributed by atoms with van der Waals surface area (Å²) in [5.74, 6) is -0.186. The molecule has 0 bridgehead atoms. The highest BCUT2D eigenvalue weighted by atomic mass is 19.1. The van der Waals surface area contributed by atoms with Gasteiger partial charge in [0.1, 0.15) is 0 Å². The van der Waals surface area contributed by atoms with E-state index in [4.69, 9.17) is 14.2 Å². The van der Waals surface area contributed by atoms with Crippen molar-refractivity contribution >= 4 is 5.69 Å². The zero-order valence-electron chi connectivity index (χ0n) is 10.5. The van der Waals surface area contributed by atoms with Gasteiger partial charge in [-0.3, -0.25) is 0 Å². The van der Waals surface area contributed by atoms with Gasteiger partial charge >= 0.3 is 0 Å². The lowest BCUT2D eigenvalue weighted by Gasteiger charge is -2.23. The van der Waals surface area contributed by atoms with Crippen molar-refractivity contribution in [3.05, 3.63) is 24.0 Å². The van der Waals surface area contributed by atoms with E-state index in [1.54, 1.807) is 26.4 Å². The highest BCUT2D eigenvalue weighted by Crippen LogP contribution is 2.21. The Hall–Kier alpha value is -1.33. The van der Waals surface area contributed by atoms with Crippen LogP contribution < -0.4 is 10.1 Å². The Labute approximate surface area is 101 Å². The van der Waals surface area contributed by atoms with Gasteiger partial charge < -0.3 is 19.5 Å². The summed E-state index contributed by atoms with van der Waals surface area (Å²) < 4.78 is 28.5. The van der Waals surface area contributed by atoms with Crippen molar-refractivity contribution < 1.29 is 18.6 Å². The van der Waals surface area contributed by atoms with Crippen molar-refractivity contribution in [1.82, 2.24) is 0 Å². The zero-order chi connectivity index (χ0) is 12.8. The van der Waals surface area contributed by atoms with Gasteiger partial charge in [0, 0.05) is 26.0 Å². The van der Waals surface area contributed by atoms with E-state index in [0.717, 1.165) is 0 Å². The molecule has 0 aromatic heterocycles. The number of ether oxygens (including phenoxy) is 3. The number of hydrogen-bond acceptors (Lipinski definition) is 4. The van der Waals surface area contributed by atoms with Gasteiger partial charge in [-0.15, -0.1) is 0 Å². The molecule has 0 amide bonds. The number of rotatable bonds is 6. The summed E-state index contributed by atoms with van der Waals surface area (Å²) in [7, 11) is 4.54. The van der Waals surface area contributed by atoms with Crippen LogP contribution in [0.2, 0.25) is 0 Å². The lowest BCUT2D eigenvalue weighted by molar-refractivity contribution is -0.109. The molecule has 0 aliphatic carbocycles. The molecule has 5 heteroatoms. The second kappa shape index (κ2) is 6.42. The highest BCUT2D eigenvalue weighted by molar-refractivity contribution is 5.47. The van der Waals surface area contributed by atoms with Crippen LogP contribution in [-0.2, 0) is 9.47 Å². The maximum atomic E-state index is 13.4. The van der Waals surface area contributed by atoms with Crippen molar-refractivity contribution in [1.29, 1.82) is 0 Å². The minimum atomic E-state index is -0.406. The summed E-state index contributed by atoms with van der Waals surface area (Å²) in [6.45, 7) is 1.89. The Morgan fingerprint density at radius 1 is 1.18 bits per heavy atom. The van der Waals surface area contributed by atoms with Crippen LogP contribution >= 0.6 is 0 Å². The monoisotopic (exact) mass is 243 g/mol. The van der Waals surface area contributed by atoms with E-state index in [2.05, 4.69) is 5.32 Å². The molecule has 4 nitrogen and oxygen atoms in total. The number of benzene rings is 1. The van der Waals surface area contributed by atoms with E-state index in [1.807, 2.05) is 6.92 Å². The first-order valence-electron chi connectivity index (χ1n) is 5.28. The number of nitrogens with one attached hydrogen (secondary N) is 1. The number of methoxy groups -OCH3 is 3. The largest absolute Gasteiger partial charge is 0.494 e. The van der Waals surface area contributed by atoms with Gasteiger partial charge in [-0.05, 0) is 19.1 Å². The Kier molecular flexibility index (Phi) is 5.18. The van der Waals surface area contributed by atoms with E-state index in [-0.39, 0.29) is 18.1 Å². The minimum absolute atomic E-state index is 0.0993. The Balaban J connectivity index is 2.71. The van der Waals surface area contributed by atoms with Crippen LogP contribution in [0.1, 0.15) is 6.92 Å². The molecular formula is C12H18FNO3. The normalized spacial score (nSPS) is 12.6. The van der Waals surface area contributed by atoms with Crippen molar-refractivity contribution in [3.63, 3.8) is 0 Å². The van der Waals surface area contributed by atoms with Gasteiger partial charge in [0.05, 0.1) is 13.2 Å². The summed E-state index contributed by atoms with van der Waals surface area (Å²) in [5, 5.41) is 3.09. The molecule has 96 valence electrons. The van der Waals surface area contributed by atoms with Gasteiger partial charge in [-0.1, -0.05) is 0 Å². The lowest BCUT2D eigenvalue weighted by Crippen LogP contribution is -2.33. The second-order valence-corrected chi connectivity index (χ2v) is 3.62. The zero-order valence-corrected chi connectivity index (χ0v) is 10.5. The molecule has 0 radical (unpaired) electrons. The van der Waals surface area contributed by atoms with Gasteiger partial charge in [0.15, 0.2) is 17.9 Å². The molecule has 0 aliphatic heterocycles. The predicted octanol–water partition coefficient (Wildman–Crippen LogP) is 2.25. The fraction of sp³-hybridized carbons (Fsp3) is 0.500. The van der Waals surface area contributed by atoms with Gasteiger partial charge in [-0.25, -0.2) is 4.39 Å². The molecule has 0 fully saturated rings. The summed E-state index contributed by atoms with van der Waals surface area (Å²) in [6.07, 6.45) is -0.389. The van der Waals surface area contributed by atoms with Crippen LogP contribution in [0, 0.1) is 5.82 Å². The Morgan fingerprint density at radius 2 is 1.82 bits per heavy atom. The number of hydrogen-bond donors (Lipinski definition) is 1. The van der Waals surface area contributed by atoms with E-state index >= 15 is 0 Å². The van der Waals surface area contributed by atoms with E-state index < -0.39 is 5.82 Å². The van der Waals surface area contributed by atoms with Gasteiger partial charge in [0.2, 0.25) is 0 Å². The maximum absolute atomic E-state index is 13.4. The molecule has 1 N–H and O–H groups in total. The van der Waals surface area contributed by atoms with Gasteiger partial charge in [-0.2, -0.15) is 0 Å². The molecule has 0 saturated heterocycles. The third-order valence-corrected chi connectivity index (χ3v) is 2.42. The average molecular weight is 243 g/mol. The van der Waals surface area contributed by atoms with Gasteiger partial charge in [0.25, 0.3) is 0 Å². The van der Waals surface area contributed by atoms with Crippen LogP contribution in [0.25, 0.3) is 0 Å². The summed E-state index contributed by atoms with van der Waals surface area (Å²) in [6, 6.07) is 4.58. The molecule has 0 heterocycles. The van der Waals surface area contributed by atoms with Crippen LogP contribution in [-0.4, -0.2) is 33.7 Å². The third kappa shape index (κ3) is 3.57. The summed E-state index contributed by atoms with van der Waals surface area (Å²) >= 11 is 0. The first kappa shape index (κ1) is 13.7. The fourth-order valence-corrected chi connectivity index (χ4v) is 1.59. The smallest absolute Gasteiger partial charge is 0.176 e. The standard InChI is InChI=1S/C12H18FNO3/c1-8(12(16-3)17-4)14-9-5-6-11(15-2)10(13)7-9/h5-8,12,14H,1-4H3. The number of halogens is 1. The van der Waals surface area contributed by atoms with Crippen LogP contribution in [0.3, 0.4) is 0 Å². The molecule has 1 aromatic carbocycles. The molecule has 0 aliphatic rings. The molecule has 0 spiro atoms. The fourth-order valence-electron chi connectivity index (χ4n) is 1.59. The molecule has 1 rings (SSSR count). The third-order valence-electron chi connectivity index (χ3n) is 2.42. The summed E-state index contributed by atoms with van der Waals surface area (Å²) in [5.41, 5.74) is 0.648. The molecule has 17 heavy (non-hydrogen) atoms. The van der Waals surface area contributed by atoms with E-state index in [0.29, 0.717) is 5.69 Å². The second-order valence-electron chi connectivity index (χ2n) is 3.62. The quantitative estimate of drug-likeness (QED) is 0.778. The molecule has 0 saturated carbocycles. The van der Waals surface area contributed by atoms with E-state index in [9.17, 15) is 4.39 Å². The van der Waals surface area contributed by atoms with Crippen LogP contribution in [0.15, 0.2) is 18.2 Å². The predicted molar refractivity (Wildman–Crippen MR) is 63.8 cm³/mol. The van der Waals surface area contributed by atoms with Crippen molar-refractivity contribution in [2.75, 3.05) is 26.6 Å². The highest BCUT2D eigenvalue weighted by Gasteiger charge is 2.15. The summed E-state index contributed by atoms with van der Waals surface area (Å²) in [4.78, 5) is 0. The van der Waals surface area contributed by atoms with Crippen molar-refractivity contribution in [2.45, 2.75) is 19.3 Å². The SMILES string of the molecule is COc1ccc(NC(C)C(OC)OC)cc1F. The van der Waals surface area contributed by atoms with E-state index in [1.165, 1.54) is 13.2 Å². The first-order valence-corrected chi connectivity index (χ1v) is 5.28. The molecule has 1 atom stereocenters. The molecule has 1 aromatic rings. The Morgan fingerprint density at radius 3 is 2.29 bits per heavy atom. The molecular weight excluding hydrogens is 225 g/mol. The lowest BCUT2D eigenvalue weighted by atomic mass is 10.2. The molecule has 1 unspecified atom stereocenters. The maximum Gasteiger partial charge on any atom is 0.176 e. The Bertz CT molecular complexity index is 356. The first-order chi connectivity index (χ1) is 8.12. The van der Waals surface area contributed by atoms with Crippen LogP contribution in [0.5, 0.6) is 5.75 Å². The average Bonchev–Trinajstić information content (AvgIpc) is 2.31. The number of anilines is 1. The minimum Gasteiger partial charge on any atom is -0.494 e.